The third-order valence-electron chi connectivity index (χ3n) is 2.33. The maximum Gasteiger partial charge on any atom is 0.308 e. The molecule has 1 aromatic heterocycles. The molecule has 0 unspecified atom stereocenters. The van der Waals surface area contributed by atoms with Gasteiger partial charge >= 0.3 is 4.87 Å². The predicted molar refractivity (Wildman–Crippen MR) is 69.7 cm³/mol. The molecule has 0 N–H and O–H groups in total. The fourth-order valence-corrected chi connectivity index (χ4v) is 2.66. The van der Waals surface area contributed by atoms with Crippen LogP contribution in [0, 0.1) is 0 Å². The van der Waals surface area contributed by atoms with Crippen molar-refractivity contribution in [1.82, 2.24) is 4.57 Å². The second-order valence-electron chi connectivity index (χ2n) is 3.44. The van der Waals surface area contributed by atoms with E-state index in [2.05, 4.69) is 10.0 Å². The minimum atomic E-state index is -0.0109. The van der Waals surface area contributed by atoms with Gasteiger partial charge in [-0.05, 0) is 30.2 Å². The number of hydrogen-bond donors (Lipinski definition) is 0. The molecule has 17 heavy (non-hydrogen) atoms. The van der Waals surface area contributed by atoms with E-state index in [-0.39, 0.29) is 4.87 Å². The Kier molecular flexibility index (Phi) is 3.68. The summed E-state index contributed by atoms with van der Waals surface area (Å²) < 4.78 is 2.59. The molecule has 0 radical (unpaired) electrons. The van der Waals surface area contributed by atoms with Crippen LogP contribution < -0.4 is 4.87 Å². The van der Waals surface area contributed by atoms with Crippen LogP contribution in [0.3, 0.4) is 0 Å². The fraction of sp³-hybridized carbons (Fsp3) is 0.300. The van der Waals surface area contributed by atoms with Gasteiger partial charge in [0, 0.05) is 23.0 Å². The summed E-state index contributed by atoms with van der Waals surface area (Å²) in [6.45, 7) is 0.930. The average Bonchev–Trinajstić information content (AvgIpc) is 2.61. The second-order valence-corrected chi connectivity index (χ2v) is 4.87. The number of fused-ring (bicyclic) bond motifs is 1. The lowest BCUT2D eigenvalue weighted by Crippen LogP contribution is -2.13. The number of benzene rings is 1. The minimum absolute atomic E-state index is 0.0109. The summed E-state index contributed by atoms with van der Waals surface area (Å²) >= 11 is 7.10. The molecule has 1 heterocycles. The van der Waals surface area contributed by atoms with E-state index in [1.807, 2.05) is 6.07 Å². The third-order valence-corrected chi connectivity index (χ3v) is 3.53. The van der Waals surface area contributed by atoms with Gasteiger partial charge in [-0.2, -0.15) is 0 Å². The zero-order chi connectivity index (χ0) is 12.3. The lowest BCUT2D eigenvalue weighted by atomic mass is 10.3. The van der Waals surface area contributed by atoms with Gasteiger partial charge in [0.25, 0.3) is 0 Å². The van der Waals surface area contributed by atoms with E-state index >= 15 is 0 Å². The maximum absolute atomic E-state index is 11.7. The van der Waals surface area contributed by atoms with Gasteiger partial charge in [0.1, 0.15) is 0 Å². The van der Waals surface area contributed by atoms with E-state index in [0.29, 0.717) is 24.5 Å². The van der Waals surface area contributed by atoms with Crippen LogP contribution in [0.1, 0.15) is 6.42 Å². The molecular weight excluding hydrogens is 260 g/mol. The molecule has 0 aliphatic rings. The number of nitrogens with zero attached hydrogens (tertiary/aromatic N) is 4. The highest BCUT2D eigenvalue weighted by Crippen LogP contribution is 2.21. The van der Waals surface area contributed by atoms with Gasteiger partial charge in [0.05, 0.1) is 10.2 Å². The number of rotatable bonds is 4. The largest absolute Gasteiger partial charge is 0.308 e. The summed E-state index contributed by atoms with van der Waals surface area (Å²) in [4.78, 5) is 14.4. The van der Waals surface area contributed by atoms with Crippen LogP contribution in [-0.4, -0.2) is 11.1 Å². The van der Waals surface area contributed by atoms with Crippen LogP contribution in [-0.2, 0) is 6.54 Å². The van der Waals surface area contributed by atoms with Crippen LogP contribution in [0.25, 0.3) is 20.7 Å². The van der Waals surface area contributed by atoms with Gasteiger partial charge in [0.2, 0.25) is 0 Å². The quantitative estimate of drug-likeness (QED) is 0.362. The third kappa shape index (κ3) is 2.61. The second kappa shape index (κ2) is 5.23. The van der Waals surface area contributed by atoms with E-state index in [0.717, 1.165) is 10.2 Å². The van der Waals surface area contributed by atoms with Crippen LogP contribution in [0.2, 0.25) is 5.02 Å². The Morgan fingerprint density at radius 3 is 3.12 bits per heavy atom. The predicted octanol–water partition coefficient (Wildman–Crippen LogP) is 3.42. The zero-order valence-electron chi connectivity index (χ0n) is 8.84. The summed E-state index contributed by atoms with van der Waals surface area (Å²) in [5.74, 6) is 0. The normalized spacial score (nSPS) is 10.4. The standard InChI is InChI=1S/C10H9ClN4OS/c11-7-2-3-9-8(6-7)15(10(16)17-9)5-1-4-13-14-12/h2-3,6H,1,4-5H2. The number of hydrogen-bond acceptors (Lipinski definition) is 3. The van der Waals surface area contributed by atoms with Crippen molar-refractivity contribution in [3.05, 3.63) is 43.3 Å². The number of aromatic nitrogens is 1. The summed E-state index contributed by atoms with van der Waals surface area (Å²) in [5, 5.41) is 4.05. The molecule has 0 atom stereocenters. The molecule has 0 spiro atoms. The van der Waals surface area contributed by atoms with Crippen molar-refractivity contribution in [2.75, 3.05) is 6.54 Å². The highest BCUT2D eigenvalue weighted by Gasteiger charge is 2.07. The van der Waals surface area contributed by atoms with E-state index < -0.39 is 0 Å². The number of azide groups is 1. The molecule has 1 aromatic carbocycles. The maximum atomic E-state index is 11.7. The van der Waals surface area contributed by atoms with Crippen LogP contribution in [0.5, 0.6) is 0 Å². The number of halogens is 1. The van der Waals surface area contributed by atoms with E-state index in [1.165, 1.54) is 11.3 Å². The molecule has 7 heteroatoms. The highest BCUT2D eigenvalue weighted by molar-refractivity contribution is 7.16. The molecule has 0 bridgehead atoms. The van der Waals surface area contributed by atoms with Crippen molar-refractivity contribution in [1.29, 1.82) is 0 Å². The molecule has 5 nitrogen and oxygen atoms in total. The van der Waals surface area contributed by atoms with Crippen molar-refractivity contribution in [2.45, 2.75) is 13.0 Å². The minimum Gasteiger partial charge on any atom is -0.299 e. The van der Waals surface area contributed by atoms with E-state index in [1.54, 1.807) is 16.7 Å². The van der Waals surface area contributed by atoms with Crippen molar-refractivity contribution in [3.63, 3.8) is 0 Å². The number of aryl methyl sites for hydroxylation is 1. The molecule has 0 aliphatic heterocycles. The monoisotopic (exact) mass is 268 g/mol. The first-order chi connectivity index (χ1) is 8.22. The Bertz CT molecular complexity index is 641. The first-order valence-corrected chi connectivity index (χ1v) is 6.21. The Morgan fingerprint density at radius 2 is 2.35 bits per heavy atom. The summed E-state index contributed by atoms with van der Waals surface area (Å²) in [6, 6.07) is 5.39. The highest BCUT2D eigenvalue weighted by atomic mass is 35.5. The Hall–Kier alpha value is -1.49. The molecule has 88 valence electrons. The first-order valence-electron chi connectivity index (χ1n) is 5.02. The van der Waals surface area contributed by atoms with Gasteiger partial charge in [0.15, 0.2) is 0 Å². The Morgan fingerprint density at radius 1 is 1.53 bits per heavy atom. The van der Waals surface area contributed by atoms with Gasteiger partial charge in [-0.1, -0.05) is 28.1 Å². The van der Waals surface area contributed by atoms with Gasteiger partial charge in [-0.25, -0.2) is 0 Å². The number of thiazole rings is 1. The van der Waals surface area contributed by atoms with Gasteiger partial charge in [-0.3, -0.25) is 9.36 Å². The molecule has 0 fully saturated rings. The smallest absolute Gasteiger partial charge is 0.299 e. The SMILES string of the molecule is [N-]=[N+]=NCCCn1c(=O)sc2ccc(Cl)cc21. The molecule has 0 aliphatic carbocycles. The molecular formula is C10H9ClN4OS. The molecule has 2 aromatic rings. The van der Waals surface area contributed by atoms with Crippen molar-refractivity contribution in [3.8, 4) is 0 Å². The van der Waals surface area contributed by atoms with Crippen molar-refractivity contribution < 1.29 is 0 Å². The van der Waals surface area contributed by atoms with Gasteiger partial charge in [-0.15, -0.1) is 0 Å². The van der Waals surface area contributed by atoms with E-state index in [4.69, 9.17) is 17.1 Å². The zero-order valence-corrected chi connectivity index (χ0v) is 10.4. The lowest BCUT2D eigenvalue weighted by Gasteiger charge is -2.01. The topological polar surface area (TPSA) is 70.8 Å². The molecule has 2 rings (SSSR count). The Balaban J connectivity index is 2.32. The van der Waals surface area contributed by atoms with Crippen molar-refractivity contribution >= 4 is 33.2 Å². The molecule has 0 amide bonds. The lowest BCUT2D eigenvalue weighted by molar-refractivity contribution is 0.659. The first kappa shape index (κ1) is 12.0. The van der Waals surface area contributed by atoms with Crippen LogP contribution >= 0.6 is 22.9 Å². The van der Waals surface area contributed by atoms with Crippen LogP contribution in [0.15, 0.2) is 28.1 Å². The fourth-order valence-electron chi connectivity index (χ4n) is 1.59. The van der Waals surface area contributed by atoms with E-state index in [9.17, 15) is 4.79 Å². The molecule has 0 saturated carbocycles. The average molecular weight is 269 g/mol. The molecule has 0 saturated heterocycles. The Labute approximate surface area is 106 Å². The summed E-state index contributed by atoms with van der Waals surface area (Å²) in [6.07, 6.45) is 0.641. The summed E-state index contributed by atoms with van der Waals surface area (Å²) in [5.41, 5.74) is 9.00. The summed E-state index contributed by atoms with van der Waals surface area (Å²) in [7, 11) is 0. The van der Waals surface area contributed by atoms with Gasteiger partial charge < -0.3 is 0 Å². The van der Waals surface area contributed by atoms with Crippen LogP contribution in [0.4, 0.5) is 0 Å². The van der Waals surface area contributed by atoms with Crippen molar-refractivity contribution in [2.24, 2.45) is 5.11 Å².